The van der Waals surface area contributed by atoms with Crippen molar-refractivity contribution in [2.75, 3.05) is 6.61 Å². The first-order valence-electron chi connectivity index (χ1n) is 7.00. The minimum Gasteiger partial charge on any atom is -0.494 e. The van der Waals surface area contributed by atoms with Crippen LogP contribution in [0.3, 0.4) is 0 Å². The van der Waals surface area contributed by atoms with Crippen LogP contribution < -0.4 is 4.74 Å². The van der Waals surface area contributed by atoms with Crippen LogP contribution in [0.2, 0.25) is 0 Å². The third-order valence-electron chi connectivity index (χ3n) is 3.44. The summed E-state index contributed by atoms with van der Waals surface area (Å²) in [6.45, 7) is 4.55. The summed E-state index contributed by atoms with van der Waals surface area (Å²) < 4.78 is 7.37. The van der Waals surface area contributed by atoms with Gasteiger partial charge in [-0.05, 0) is 38.1 Å². The Morgan fingerprint density at radius 2 is 2.09 bits per heavy atom. The Labute approximate surface area is 131 Å². The molecule has 2 heterocycles. The maximum absolute atomic E-state index is 11.0. The quantitative estimate of drug-likeness (QED) is 0.783. The molecule has 0 aliphatic heterocycles. The number of benzene rings is 1. The predicted molar refractivity (Wildman–Crippen MR) is 85.8 cm³/mol. The minimum absolute atomic E-state index is 0.0000815. The molecule has 0 atom stereocenters. The van der Waals surface area contributed by atoms with Gasteiger partial charge in [0.05, 0.1) is 18.7 Å². The van der Waals surface area contributed by atoms with E-state index in [9.17, 15) is 4.79 Å². The molecule has 0 radical (unpaired) electrons. The van der Waals surface area contributed by atoms with Gasteiger partial charge in [-0.1, -0.05) is 0 Å². The van der Waals surface area contributed by atoms with E-state index in [4.69, 9.17) is 9.84 Å². The van der Waals surface area contributed by atoms with Crippen molar-refractivity contribution in [1.82, 2.24) is 9.38 Å². The van der Waals surface area contributed by atoms with Gasteiger partial charge in [0.2, 0.25) is 0 Å². The van der Waals surface area contributed by atoms with E-state index in [0.717, 1.165) is 33.4 Å². The summed E-state index contributed by atoms with van der Waals surface area (Å²) in [4.78, 5) is 16.4. The molecule has 0 unspecified atom stereocenters. The number of ether oxygens (including phenoxy) is 1. The summed E-state index contributed by atoms with van der Waals surface area (Å²) in [7, 11) is 0. The molecule has 6 heteroatoms. The fraction of sp³-hybridized carbons (Fsp3) is 0.250. The van der Waals surface area contributed by atoms with Gasteiger partial charge in [0.15, 0.2) is 4.96 Å². The van der Waals surface area contributed by atoms with Gasteiger partial charge in [0, 0.05) is 22.3 Å². The number of carboxylic acids is 1. The first-order valence-corrected chi connectivity index (χ1v) is 7.88. The molecule has 22 heavy (non-hydrogen) atoms. The van der Waals surface area contributed by atoms with Crippen LogP contribution in [0.25, 0.3) is 16.2 Å². The van der Waals surface area contributed by atoms with Crippen LogP contribution in [-0.4, -0.2) is 27.1 Å². The normalized spacial score (nSPS) is 11.0. The molecule has 114 valence electrons. The Balaban J connectivity index is 2.02. The number of aromatic nitrogens is 2. The van der Waals surface area contributed by atoms with Crippen LogP contribution in [0.4, 0.5) is 0 Å². The number of hydrogen-bond acceptors (Lipinski definition) is 4. The van der Waals surface area contributed by atoms with Crippen molar-refractivity contribution in [3.8, 4) is 17.0 Å². The molecule has 5 nitrogen and oxygen atoms in total. The Hall–Kier alpha value is -2.34. The number of aliphatic carboxylic acids is 1. The molecule has 0 saturated carbocycles. The highest BCUT2D eigenvalue weighted by Crippen LogP contribution is 2.29. The number of fused-ring (bicyclic) bond motifs is 1. The van der Waals surface area contributed by atoms with Crippen molar-refractivity contribution < 1.29 is 14.6 Å². The van der Waals surface area contributed by atoms with Crippen molar-refractivity contribution in [3.63, 3.8) is 0 Å². The van der Waals surface area contributed by atoms with Crippen molar-refractivity contribution in [1.29, 1.82) is 0 Å². The molecule has 3 rings (SSSR count). The van der Waals surface area contributed by atoms with E-state index in [1.54, 1.807) is 0 Å². The molecule has 0 bridgehead atoms. The summed E-state index contributed by atoms with van der Waals surface area (Å²) >= 11 is 1.46. The zero-order chi connectivity index (χ0) is 15.7. The van der Waals surface area contributed by atoms with Crippen molar-refractivity contribution in [3.05, 3.63) is 41.0 Å². The minimum atomic E-state index is -0.838. The molecule has 0 aliphatic rings. The smallest absolute Gasteiger partial charge is 0.309 e. The standard InChI is InChI=1S/C16H16N2O3S/c1-3-21-13-6-4-11(5-7-13)15-10(2)18-12(8-14(19)20)9-22-16(18)17-15/h4-7,9H,3,8H2,1-2H3,(H,19,20). The number of carbonyl (C=O) groups is 1. The summed E-state index contributed by atoms with van der Waals surface area (Å²) in [5.74, 6) is -0.00749. The van der Waals surface area contributed by atoms with Crippen molar-refractivity contribution in [2.24, 2.45) is 0 Å². The average molecular weight is 316 g/mol. The lowest BCUT2D eigenvalue weighted by Gasteiger charge is -2.04. The van der Waals surface area contributed by atoms with Crippen LogP contribution in [0.5, 0.6) is 5.75 Å². The molecule has 1 aromatic carbocycles. The summed E-state index contributed by atoms with van der Waals surface area (Å²) in [6, 6.07) is 7.79. The Morgan fingerprint density at radius 1 is 1.36 bits per heavy atom. The number of nitrogens with zero attached hydrogens (tertiary/aromatic N) is 2. The number of aryl methyl sites for hydroxylation is 1. The van der Waals surface area contributed by atoms with E-state index in [-0.39, 0.29) is 6.42 Å². The Morgan fingerprint density at radius 3 is 2.73 bits per heavy atom. The van der Waals surface area contributed by atoms with Gasteiger partial charge < -0.3 is 9.84 Å². The number of rotatable bonds is 5. The highest BCUT2D eigenvalue weighted by molar-refractivity contribution is 7.15. The molecule has 2 aromatic heterocycles. The van der Waals surface area contributed by atoms with Gasteiger partial charge in [0.1, 0.15) is 5.75 Å². The zero-order valence-electron chi connectivity index (χ0n) is 12.4. The van der Waals surface area contributed by atoms with Gasteiger partial charge >= 0.3 is 5.97 Å². The SMILES string of the molecule is CCOc1ccc(-c2nc3scc(CC(=O)O)n3c2C)cc1. The predicted octanol–water partition coefficient (Wildman–Crippen LogP) is 3.40. The summed E-state index contributed by atoms with van der Waals surface area (Å²) in [5.41, 5.74) is 3.59. The monoisotopic (exact) mass is 316 g/mol. The summed E-state index contributed by atoms with van der Waals surface area (Å²) in [5, 5.41) is 10.9. The van der Waals surface area contributed by atoms with Crippen LogP contribution in [0.1, 0.15) is 18.3 Å². The number of carboxylic acid groups (broad SMARTS) is 1. The third kappa shape index (κ3) is 2.57. The van der Waals surface area contributed by atoms with E-state index in [2.05, 4.69) is 4.98 Å². The Bertz CT molecular complexity index is 818. The molecule has 1 N–H and O–H groups in total. The van der Waals surface area contributed by atoms with Gasteiger partial charge in [-0.15, -0.1) is 11.3 Å². The van der Waals surface area contributed by atoms with Gasteiger partial charge in [-0.2, -0.15) is 0 Å². The molecule has 0 saturated heterocycles. The second kappa shape index (κ2) is 5.81. The van der Waals surface area contributed by atoms with Crippen molar-refractivity contribution in [2.45, 2.75) is 20.3 Å². The molecular formula is C16H16N2O3S. The van der Waals surface area contributed by atoms with Gasteiger partial charge in [-0.3, -0.25) is 9.20 Å². The second-order valence-electron chi connectivity index (χ2n) is 4.92. The van der Waals surface area contributed by atoms with Gasteiger partial charge in [0.25, 0.3) is 0 Å². The van der Waals surface area contributed by atoms with Crippen molar-refractivity contribution >= 4 is 22.3 Å². The topological polar surface area (TPSA) is 63.8 Å². The number of imidazole rings is 1. The van der Waals surface area contributed by atoms with E-state index in [1.165, 1.54) is 11.3 Å². The molecular weight excluding hydrogens is 300 g/mol. The van der Waals surface area contributed by atoms with Crippen LogP contribution in [-0.2, 0) is 11.2 Å². The van der Waals surface area contributed by atoms with Gasteiger partial charge in [-0.25, -0.2) is 4.98 Å². The fourth-order valence-electron chi connectivity index (χ4n) is 2.49. The molecule has 0 aliphatic carbocycles. The van der Waals surface area contributed by atoms with E-state index in [1.807, 2.05) is 47.9 Å². The first-order chi connectivity index (χ1) is 10.6. The molecule has 0 amide bonds. The highest BCUT2D eigenvalue weighted by atomic mass is 32.1. The first kappa shape index (κ1) is 14.6. The maximum atomic E-state index is 11.0. The molecule has 0 spiro atoms. The zero-order valence-corrected chi connectivity index (χ0v) is 13.2. The maximum Gasteiger partial charge on any atom is 0.309 e. The number of hydrogen-bond donors (Lipinski definition) is 1. The lowest BCUT2D eigenvalue weighted by Crippen LogP contribution is -2.03. The lowest BCUT2D eigenvalue weighted by molar-refractivity contribution is -0.136. The fourth-order valence-corrected chi connectivity index (χ4v) is 3.43. The highest BCUT2D eigenvalue weighted by Gasteiger charge is 2.16. The van der Waals surface area contributed by atoms with Crippen LogP contribution in [0.15, 0.2) is 29.6 Å². The third-order valence-corrected chi connectivity index (χ3v) is 4.31. The molecule has 3 aromatic rings. The lowest BCUT2D eigenvalue weighted by atomic mass is 10.1. The van der Waals surface area contributed by atoms with E-state index < -0.39 is 5.97 Å². The second-order valence-corrected chi connectivity index (χ2v) is 5.76. The largest absolute Gasteiger partial charge is 0.494 e. The average Bonchev–Trinajstić information content (AvgIpc) is 3.01. The number of thiazole rings is 1. The van der Waals surface area contributed by atoms with Crippen LogP contribution in [0, 0.1) is 6.92 Å². The van der Waals surface area contributed by atoms with E-state index in [0.29, 0.717) is 6.61 Å². The molecule has 0 fully saturated rings. The summed E-state index contributed by atoms with van der Waals surface area (Å²) in [6.07, 6.45) is -0.0000815. The van der Waals surface area contributed by atoms with E-state index >= 15 is 0 Å². The Kier molecular flexibility index (Phi) is 3.85. The van der Waals surface area contributed by atoms with Crippen LogP contribution >= 0.6 is 11.3 Å².